The molecule has 156 valence electrons. The van der Waals surface area contributed by atoms with E-state index in [0.29, 0.717) is 18.5 Å². The number of hydrogen-bond acceptors (Lipinski definition) is 4. The van der Waals surface area contributed by atoms with Crippen molar-refractivity contribution in [3.8, 4) is 11.8 Å². The van der Waals surface area contributed by atoms with Crippen LogP contribution in [0.25, 0.3) is 5.69 Å². The van der Waals surface area contributed by atoms with E-state index in [-0.39, 0.29) is 28.1 Å². The van der Waals surface area contributed by atoms with E-state index in [9.17, 15) is 26.9 Å². The molecule has 0 saturated heterocycles. The van der Waals surface area contributed by atoms with Gasteiger partial charge in [-0.05, 0) is 64.7 Å². The Morgan fingerprint density at radius 2 is 1.83 bits per heavy atom. The number of nitriles is 1. The van der Waals surface area contributed by atoms with Gasteiger partial charge in [0.05, 0.1) is 16.1 Å². The quantitative estimate of drug-likeness (QED) is 0.810. The molecule has 6 nitrogen and oxygen atoms in total. The van der Waals surface area contributed by atoms with Crippen LogP contribution in [0.1, 0.15) is 56.1 Å². The molecular weight excluding hydrogens is 405 g/mol. The number of fused-ring (bicyclic) bond motifs is 1. The SMILES string of the molecule is CC(C)(C)NS(=O)(=O)c1ccc(-n2nc(C(F)(F)F)c3c2CCCC3)c(C#N)c1. The lowest BCUT2D eigenvalue weighted by Crippen LogP contribution is -2.40. The molecule has 0 atom stereocenters. The highest BCUT2D eigenvalue weighted by Gasteiger charge is 2.40. The third-order valence-electron chi connectivity index (χ3n) is 4.52. The molecule has 0 aliphatic heterocycles. The second-order valence-corrected chi connectivity index (χ2v) is 9.72. The highest BCUT2D eigenvalue weighted by molar-refractivity contribution is 7.89. The molecule has 1 aromatic carbocycles. The Morgan fingerprint density at radius 3 is 2.41 bits per heavy atom. The Hall–Kier alpha value is -2.38. The molecule has 1 aliphatic carbocycles. The van der Waals surface area contributed by atoms with Crippen LogP contribution in [0.5, 0.6) is 0 Å². The third kappa shape index (κ3) is 4.31. The maximum absolute atomic E-state index is 13.4. The molecular formula is C19H21F3N4O2S. The van der Waals surface area contributed by atoms with Gasteiger partial charge in [0.2, 0.25) is 10.0 Å². The van der Waals surface area contributed by atoms with Crippen molar-refractivity contribution >= 4 is 10.0 Å². The van der Waals surface area contributed by atoms with E-state index in [4.69, 9.17) is 0 Å². The topological polar surface area (TPSA) is 87.8 Å². The van der Waals surface area contributed by atoms with E-state index in [1.807, 2.05) is 6.07 Å². The van der Waals surface area contributed by atoms with E-state index >= 15 is 0 Å². The summed E-state index contributed by atoms with van der Waals surface area (Å²) in [5.41, 5.74) is -1.03. The van der Waals surface area contributed by atoms with Gasteiger partial charge in [0, 0.05) is 16.8 Å². The average Bonchev–Trinajstić information content (AvgIpc) is 2.99. The second kappa shape index (κ2) is 7.15. The van der Waals surface area contributed by atoms with Gasteiger partial charge in [-0.1, -0.05) is 0 Å². The number of sulfonamides is 1. The molecule has 0 radical (unpaired) electrons. The second-order valence-electron chi connectivity index (χ2n) is 8.04. The van der Waals surface area contributed by atoms with Crippen LogP contribution in [0.4, 0.5) is 13.2 Å². The van der Waals surface area contributed by atoms with Crippen molar-refractivity contribution in [1.82, 2.24) is 14.5 Å². The standard InChI is InChI=1S/C19H21F3N4O2S/c1-18(2,3)25-29(27,28)13-8-9-15(12(10-13)11-23)26-16-7-5-4-6-14(16)17(24-26)19(20,21)22/h8-10,25H,4-7H2,1-3H3. The number of halogens is 3. The molecule has 1 N–H and O–H groups in total. The van der Waals surface area contributed by atoms with Crippen LogP contribution in [-0.2, 0) is 29.0 Å². The zero-order valence-corrected chi connectivity index (χ0v) is 17.1. The minimum absolute atomic E-state index is 0.0635. The first kappa shape index (κ1) is 21.3. The minimum Gasteiger partial charge on any atom is -0.236 e. The molecule has 0 unspecified atom stereocenters. The lowest BCUT2D eigenvalue weighted by Gasteiger charge is -2.21. The summed E-state index contributed by atoms with van der Waals surface area (Å²) in [5.74, 6) is 0. The van der Waals surface area contributed by atoms with Crippen LogP contribution in [-0.4, -0.2) is 23.7 Å². The number of nitrogens with one attached hydrogen (secondary N) is 1. The largest absolute Gasteiger partial charge is 0.435 e. The van der Waals surface area contributed by atoms with Crippen molar-refractivity contribution in [2.45, 2.75) is 63.1 Å². The number of benzene rings is 1. The van der Waals surface area contributed by atoms with Gasteiger partial charge in [-0.3, -0.25) is 0 Å². The van der Waals surface area contributed by atoms with Crippen LogP contribution in [0.15, 0.2) is 23.1 Å². The summed E-state index contributed by atoms with van der Waals surface area (Å²) in [6.45, 7) is 5.04. The first-order valence-electron chi connectivity index (χ1n) is 9.10. The Morgan fingerprint density at radius 1 is 1.17 bits per heavy atom. The molecule has 3 rings (SSSR count). The Balaban J connectivity index is 2.14. The number of aromatic nitrogens is 2. The van der Waals surface area contributed by atoms with Gasteiger partial charge < -0.3 is 0 Å². The van der Waals surface area contributed by atoms with Crippen molar-refractivity contribution in [3.63, 3.8) is 0 Å². The van der Waals surface area contributed by atoms with E-state index in [1.165, 1.54) is 12.1 Å². The molecule has 0 fully saturated rings. The van der Waals surface area contributed by atoms with Gasteiger partial charge in [-0.2, -0.15) is 23.5 Å². The molecule has 29 heavy (non-hydrogen) atoms. The summed E-state index contributed by atoms with van der Waals surface area (Å²) >= 11 is 0. The van der Waals surface area contributed by atoms with Crippen LogP contribution in [0, 0.1) is 11.3 Å². The van der Waals surface area contributed by atoms with Gasteiger partial charge >= 0.3 is 6.18 Å². The van der Waals surface area contributed by atoms with E-state index in [0.717, 1.165) is 17.2 Å². The van der Waals surface area contributed by atoms with Crippen molar-refractivity contribution in [3.05, 3.63) is 40.7 Å². The number of nitrogens with zero attached hydrogens (tertiary/aromatic N) is 3. The van der Waals surface area contributed by atoms with Gasteiger partial charge in [-0.25, -0.2) is 17.8 Å². The molecule has 1 heterocycles. The number of alkyl halides is 3. The average molecular weight is 426 g/mol. The predicted octanol–water partition coefficient (Wildman–Crippen LogP) is 3.72. The van der Waals surface area contributed by atoms with Gasteiger partial charge in [0.1, 0.15) is 6.07 Å². The predicted molar refractivity (Wildman–Crippen MR) is 100.0 cm³/mol. The molecule has 1 aliphatic rings. The fourth-order valence-corrected chi connectivity index (χ4v) is 4.89. The summed E-state index contributed by atoms with van der Waals surface area (Å²) in [6.07, 6.45) is -2.55. The Labute approximate surface area is 167 Å². The fourth-order valence-electron chi connectivity index (χ4n) is 3.44. The van der Waals surface area contributed by atoms with Crippen molar-refractivity contribution in [2.24, 2.45) is 0 Å². The van der Waals surface area contributed by atoms with Crippen LogP contribution in [0.2, 0.25) is 0 Å². The monoisotopic (exact) mass is 426 g/mol. The Bertz CT molecular complexity index is 1090. The van der Waals surface area contributed by atoms with Crippen molar-refractivity contribution in [2.75, 3.05) is 0 Å². The molecule has 1 aromatic heterocycles. The highest BCUT2D eigenvalue weighted by atomic mass is 32.2. The normalized spacial score (nSPS) is 15.1. The summed E-state index contributed by atoms with van der Waals surface area (Å²) in [4.78, 5) is -0.134. The van der Waals surface area contributed by atoms with Crippen LogP contribution >= 0.6 is 0 Å². The first-order chi connectivity index (χ1) is 13.3. The molecule has 2 aromatic rings. The van der Waals surface area contributed by atoms with Gasteiger partial charge in [0.15, 0.2) is 5.69 Å². The maximum atomic E-state index is 13.4. The lowest BCUT2D eigenvalue weighted by molar-refractivity contribution is -0.142. The smallest absolute Gasteiger partial charge is 0.236 e. The minimum atomic E-state index is -4.60. The highest BCUT2D eigenvalue weighted by Crippen LogP contribution is 2.37. The first-order valence-corrected chi connectivity index (χ1v) is 10.6. The summed E-state index contributed by atoms with van der Waals surface area (Å²) in [7, 11) is -3.90. The molecule has 10 heteroatoms. The van der Waals surface area contributed by atoms with E-state index in [1.54, 1.807) is 20.8 Å². The summed E-state index contributed by atoms with van der Waals surface area (Å²) in [6, 6.07) is 5.65. The van der Waals surface area contributed by atoms with Crippen molar-refractivity contribution < 1.29 is 21.6 Å². The fraction of sp³-hybridized carbons (Fsp3) is 0.474. The zero-order chi connectivity index (χ0) is 21.6. The molecule has 0 amide bonds. The van der Waals surface area contributed by atoms with Crippen LogP contribution in [0.3, 0.4) is 0 Å². The molecule has 0 bridgehead atoms. The molecule has 0 saturated carbocycles. The Kier molecular flexibility index (Phi) is 5.26. The van der Waals surface area contributed by atoms with E-state index in [2.05, 4.69) is 9.82 Å². The number of hydrogen-bond donors (Lipinski definition) is 1. The molecule has 0 spiro atoms. The van der Waals surface area contributed by atoms with Crippen LogP contribution < -0.4 is 4.72 Å². The van der Waals surface area contributed by atoms with E-state index < -0.39 is 27.4 Å². The van der Waals surface area contributed by atoms with Gasteiger partial charge in [-0.15, -0.1) is 0 Å². The van der Waals surface area contributed by atoms with Crippen molar-refractivity contribution in [1.29, 1.82) is 5.26 Å². The van der Waals surface area contributed by atoms with Gasteiger partial charge in [0.25, 0.3) is 0 Å². The summed E-state index contributed by atoms with van der Waals surface area (Å²) in [5, 5.41) is 13.3. The number of rotatable bonds is 3. The third-order valence-corrected chi connectivity index (χ3v) is 6.27. The maximum Gasteiger partial charge on any atom is 0.435 e. The lowest BCUT2D eigenvalue weighted by atomic mass is 9.95. The summed E-state index contributed by atoms with van der Waals surface area (Å²) < 4.78 is 69.0. The zero-order valence-electron chi connectivity index (χ0n) is 16.3.